The van der Waals surface area contributed by atoms with Gasteiger partial charge in [-0.25, -0.2) is 0 Å². The molecule has 21 heavy (non-hydrogen) atoms. The molecule has 0 aliphatic heterocycles. The molecule has 0 aromatic heterocycles. The number of benzene rings is 2. The Morgan fingerprint density at radius 2 is 1.71 bits per heavy atom. The van der Waals surface area contributed by atoms with Crippen molar-refractivity contribution < 1.29 is 4.79 Å². The number of carbonyl (C=O) groups excluding carboxylic acids is 1. The van der Waals surface area contributed by atoms with Gasteiger partial charge in [0, 0.05) is 22.2 Å². The van der Waals surface area contributed by atoms with Gasteiger partial charge in [0.05, 0.1) is 0 Å². The largest absolute Gasteiger partial charge is 0.326 e. The Morgan fingerprint density at radius 1 is 1.05 bits per heavy atom. The molecule has 4 heteroatoms. The fourth-order valence-corrected chi connectivity index (χ4v) is 2.64. The van der Waals surface area contributed by atoms with E-state index in [1.54, 1.807) is 18.2 Å². The molecule has 0 atom stereocenters. The van der Waals surface area contributed by atoms with Crippen molar-refractivity contribution in [3.8, 4) is 0 Å². The summed E-state index contributed by atoms with van der Waals surface area (Å²) in [5.74, 6) is -0.0470. The van der Waals surface area contributed by atoms with Crippen LogP contribution in [0.5, 0.6) is 0 Å². The number of rotatable bonds is 4. The molecule has 0 bridgehead atoms. The minimum Gasteiger partial charge on any atom is -0.326 e. The maximum absolute atomic E-state index is 12.0. The minimum atomic E-state index is -0.0470. The summed E-state index contributed by atoms with van der Waals surface area (Å²) in [6.45, 7) is 4.06. The Morgan fingerprint density at radius 3 is 2.33 bits per heavy atom. The third kappa shape index (κ3) is 4.23. The van der Waals surface area contributed by atoms with Gasteiger partial charge >= 0.3 is 0 Å². The zero-order chi connectivity index (χ0) is 15.4. The highest BCUT2D eigenvalue weighted by molar-refractivity contribution is 6.36. The minimum absolute atomic E-state index is 0.0470. The summed E-state index contributed by atoms with van der Waals surface area (Å²) in [7, 11) is 0. The van der Waals surface area contributed by atoms with E-state index < -0.39 is 0 Å². The number of aryl methyl sites for hydroxylation is 2. The Hall–Kier alpha value is -1.51. The SMILES string of the molecule is Cc1ccc(NC(=O)CCc2c(Cl)cccc2Cl)cc1C. The Kier molecular flexibility index (Phi) is 5.27. The van der Waals surface area contributed by atoms with Crippen LogP contribution in [-0.4, -0.2) is 5.91 Å². The number of hydrogen-bond donors (Lipinski definition) is 1. The summed E-state index contributed by atoms with van der Waals surface area (Å²) in [5, 5.41) is 4.09. The highest BCUT2D eigenvalue weighted by Crippen LogP contribution is 2.25. The summed E-state index contributed by atoms with van der Waals surface area (Å²) < 4.78 is 0. The van der Waals surface area contributed by atoms with E-state index in [0.29, 0.717) is 22.9 Å². The molecule has 0 radical (unpaired) electrons. The molecule has 0 aliphatic carbocycles. The first kappa shape index (κ1) is 15.9. The molecular formula is C17H17Cl2NO. The van der Waals surface area contributed by atoms with Gasteiger partial charge in [0.15, 0.2) is 0 Å². The van der Waals surface area contributed by atoms with Crippen LogP contribution in [0.1, 0.15) is 23.1 Å². The van der Waals surface area contributed by atoms with Gasteiger partial charge < -0.3 is 5.32 Å². The van der Waals surface area contributed by atoms with Crippen molar-refractivity contribution in [2.24, 2.45) is 0 Å². The summed E-state index contributed by atoms with van der Waals surface area (Å²) in [6.07, 6.45) is 0.867. The summed E-state index contributed by atoms with van der Waals surface area (Å²) in [5.41, 5.74) is 3.99. The fourth-order valence-electron chi connectivity index (χ4n) is 2.05. The first-order chi connectivity index (χ1) is 9.97. The van der Waals surface area contributed by atoms with Crippen LogP contribution >= 0.6 is 23.2 Å². The van der Waals surface area contributed by atoms with Gasteiger partial charge in [-0.05, 0) is 61.2 Å². The predicted octanol–water partition coefficient (Wildman–Crippen LogP) is 5.18. The van der Waals surface area contributed by atoms with Gasteiger partial charge in [-0.1, -0.05) is 35.3 Å². The van der Waals surface area contributed by atoms with Crippen LogP contribution in [0, 0.1) is 13.8 Å². The van der Waals surface area contributed by atoms with E-state index in [2.05, 4.69) is 5.32 Å². The van der Waals surface area contributed by atoms with Crippen LogP contribution in [0.2, 0.25) is 10.0 Å². The molecule has 0 aliphatic rings. The number of nitrogens with one attached hydrogen (secondary N) is 1. The van der Waals surface area contributed by atoms with Crippen LogP contribution in [0.4, 0.5) is 5.69 Å². The average Bonchev–Trinajstić information content (AvgIpc) is 2.42. The molecule has 0 spiro atoms. The lowest BCUT2D eigenvalue weighted by molar-refractivity contribution is -0.116. The topological polar surface area (TPSA) is 29.1 Å². The highest BCUT2D eigenvalue weighted by atomic mass is 35.5. The molecule has 2 rings (SSSR count). The van der Waals surface area contributed by atoms with Crippen molar-refractivity contribution in [1.29, 1.82) is 0 Å². The lowest BCUT2D eigenvalue weighted by atomic mass is 10.1. The van der Waals surface area contributed by atoms with E-state index in [-0.39, 0.29) is 5.91 Å². The van der Waals surface area contributed by atoms with Gasteiger partial charge in [0.25, 0.3) is 0 Å². The Bertz CT molecular complexity index is 648. The molecule has 0 saturated heterocycles. The number of hydrogen-bond acceptors (Lipinski definition) is 1. The van der Waals surface area contributed by atoms with E-state index in [0.717, 1.165) is 16.8 Å². The molecule has 110 valence electrons. The number of amides is 1. The molecule has 2 aromatic carbocycles. The van der Waals surface area contributed by atoms with Gasteiger partial charge in [-0.3, -0.25) is 4.79 Å². The maximum atomic E-state index is 12.0. The third-order valence-electron chi connectivity index (χ3n) is 3.45. The van der Waals surface area contributed by atoms with Crippen LogP contribution in [0.15, 0.2) is 36.4 Å². The van der Waals surface area contributed by atoms with Crippen LogP contribution in [0.25, 0.3) is 0 Å². The smallest absolute Gasteiger partial charge is 0.224 e. The quantitative estimate of drug-likeness (QED) is 0.825. The van der Waals surface area contributed by atoms with Crippen LogP contribution in [0.3, 0.4) is 0 Å². The highest BCUT2D eigenvalue weighted by Gasteiger charge is 2.09. The number of halogens is 2. The first-order valence-corrected chi connectivity index (χ1v) is 7.53. The molecule has 2 aromatic rings. The fraction of sp³-hybridized carbons (Fsp3) is 0.235. The van der Waals surface area contributed by atoms with E-state index in [4.69, 9.17) is 23.2 Å². The van der Waals surface area contributed by atoms with Gasteiger partial charge in [0.1, 0.15) is 0 Å². The van der Waals surface area contributed by atoms with Gasteiger partial charge in [-0.2, -0.15) is 0 Å². The maximum Gasteiger partial charge on any atom is 0.224 e. The predicted molar refractivity (Wildman–Crippen MR) is 89.3 cm³/mol. The molecular weight excluding hydrogens is 305 g/mol. The van der Waals surface area contributed by atoms with Gasteiger partial charge in [0.2, 0.25) is 5.91 Å². The zero-order valence-corrected chi connectivity index (χ0v) is 13.6. The average molecular weight is 322 g/mol. The molecule has 0 saturated carbocycles. The Balaban J connectivity index is 1.97. The summed E-state index contributed by atoms with van der Waals surface area (Å²) >= 11 is 12.2. The summed E-state index contributed by atoms with van der Waals surface area (Å²) in [4.78, 5) is 12.0. The lowest BCUT2D eigenvalue weighted by Gasteiger charge is -2.09. The first-order valence-electron chi connectivity index (χ1n) is 6.77. The standard InChI is InChI=1S/C17H17Cl2NO/c1-11-6-7-13(10-12(11)2)20-17(21)9-8-14-15(18)4-3-5-16(14)19/h3-7,10H,8-9H2,1-2H3,(H,20,21). The normalized spacial score (nSPS) is 10.5. The van der Waals surface area contributed by atoms with Crippen LogP contribution < -0.4 is 5.32 Å². The Labute approximate surface area is 135 Å². The lowest BCUT2D eigenvalue weighted by Crippen LogP contribution is -2.12. The van der Waals surface area contributed by atoms with Crippen molar-refractivity contribution >= 4 is 34.8 Å². The molecule has 1 amide bonds. The summed E-state index contributed by atoms with van der Waals surface area (Å²) in [6, 6.07) is 11.2. The van der Waals surface area contributed by atoms with Crippen molar-refractivity contribution in [2.45, 2.75) is 26.7 Å². The van der Waals surface area contributed by atoms with Gasteiger partial charge in [-0.15, -0.1) is 0 Å². The molecule has 0 unspecified atom stereocenters. The molecule has 1 N–H and O–H groups in total. The van der Waals surface area contributed by atoms with Crippen molar-refractivity contribution in [2.75, 3.05) is 5.32 Å². The monoisotopic (exact) mass is 321 g/mol. The second kappa shape index (κ2) is 6.97. The van der Waals surface area contributed by atoms with E-state index in [1.807, 2.05) is 32.0 Å². The van der Waals surface area contributed by atoms with Crippen molar-refractivity contribution in [3.05, 3.63) is 63.1 Å². The van der Waals surface area contributed by atoms with E-state index in [9.17, 15) is 4.79 Å². The second-order valence-corrected chi connectivity index (χ2v) is 5.86. The molecule has 2 nitrogen and oxygen atoms in total. The molecule has 0 fully saturated rings. The van der Waals surface area contributed by atoms with Crippen LogP contribution in [-0.2, 0) is 11.2 Å². The zero-order valence-electron chi connectivity index (χ0n) is 12.0. The third-order valence-corrected chi connectivity index (χ3v) is 4.16. The second-order valence-electron chi connectivity index (χ2n) is 5.05. The van der Waals surface area contributed by atoms with Crippen molar-refractivity contribution in [3.63, 3.8) is 0 Å². The van der Waals surface area contributed by atoms with Crippen molar-refractivity contribution in [1.82, 2.24) is 0 Å². The van der Waals surface area contributed by atoms with E-state index in [1.165, 1.54) is 5.56 Å². The molecule has 0 heterocycles. The van der Waals surface area contributed by atoms with E-state index >= 15 is 0 Å². The number of carbonyl (C=O) groups is 1. The number of anilines is 1.